The first-order valence-electron chi connectivity index (χ1n) is 6.07. The molecule has 104 valence electrons. The number of benzene rings is 1. The maximum Gasteiger partial charge on any atom is 0.272 e. The van der Waals surface area contributed by atoms with Gasteiger partial charge in [-0.05, 0) is 23.4 Å². The van der Waals surface area contributed by atoms with Gasteiger partial charge in [-0.15, -0.1) is 10.2 Å². The maximum absolute atomic E-state index is 12.0. The van der Waals surface area contributed by atoms with Gasteiger partial charge in [-0.2, -0.15) is 5.21 Å². The molecule has 2 heterocycles. The maximum atomic E-state index is 12.0. The van der Waals surface area contributed by atoms with Gasteiger partial charge < -0.3 is 10.3 Å². The first-order valence-corrected chi connectivity index (χ1v) is 6.07. The normalized spacial score (nSPS) is 10.3. The second kappa shape index (κ2) is 5.37. The third-order valence-corrected chi connectivity index (χ3v) is 2.74. The van der Waals surface area contributed by atoms with E-state index in [0.29, 0.717) is 17.1 Å². The number of tetrazole rings is 1. The summed E-state index contributed by atoms with van der Waals surface area (Å²) >= 11 is 0. The molecule has 0 aliphatic rings. The van der Waals surface area contributed by atoms with Crippen molar-refractivity contribution in [2.45, 2.75) is 0 Å². The lowest BCUT2D eigenvalue weighted by Crippen LogP contribution is -2.17. The van der Waals surface area contributed by atoms with Crippen molar-refractivity contribution in [3.05, 3.63) is 58.5 Å². The summed E-state index contributed by atoms with van der Waals surface area (Å²) in [6, 6.07) is 11.4. The fraction of sp³-hybridized carbons (Fsp3) is 0. The van der Waals surface area contributed by atoms with Gasteiger partial charge >= 0.3 is 0 Å². The summed E-state index contributed by atoms with van der Waals surface area (Å²) in [7, 11) is 0. The molecular weight excluding hydrogens is 272 g/mol. The van der Waals surface area contributed by atoms with Crippen LogP contribution in [0.5, 0.6) is 0 Å². The van der Waals surface area contributed by atoms with E-state index in [1.165, 1.54) is 18.2 Å². The van der Waals surface area contributed by atoms with Gasteiger partial charge in [-0.3, -0.25) is 9.59 Å². The molecule has 0 unspecified atom stereocenters. The van der Waals surface area contributed by atoms with E-state index in [1.807, 2.05) is 0 Å². The number of rotatable bonds is 3. The highest BCUT2D eigenvalue weighted by atomic mass is 16.2. The molecule has 8 nitrogen and oxygen atoms in total. The summed E-state index contributed by atoms with van der Waals surface area (Å²) in [6.07, 6.45) is 0. The minimum absolute atomic E-state index is 0.187. The van der Waals surface area contributed by atoms with Crippen molar-refractivity contribution in [3.63, 3.8) is 0 Å². The summed E-state index contributed by atoms with van der Waals surface area (Å²) in [6.45, 7) is 0. The molecular formula is C13H10N6O2. The second-order valence-corrected chi connectivity index (χ2v) is 4.20. The lowest BCUT2D eigenvalue weighted by Gasteiger charge is -2.05. The monoisotopic (exact) mass is 282 g/mol. The molecule has 0 saturated carbocycles. The van der Waals surface area contributed by atoms with Crippen LogP contribution in [0.1, 0.15) is 10.5 Å². The molecule has 3 rings (SSSR count). The van der Waals surface area contributed by atoms with Crippen LogP contribution in [0.25, 0.3) is 11.4 Å². The predicted octanol–water partition coefficient (Wildman–Crippen LogP) is 0.807. The number of hydrogen-bond donors (Lipinski definition) is 3. The highest BCUT2D eigenvalue weighted by Gasteiger charge is 2.08. The zero-order valence-corrected chi connectivity index (χ0v) is 10.7. The van der Waals surface area contributed by atoms with Crippen LogP contribution in [0, 0.1) is 0 Å². The lowest BCUT2D eigenvalue weighted by atomic mass is 10.2. The van der Waals surface area contributed by atoms with Gasteiger partial charge in [0.25, 0.3) is 5.91 Å². The Labute approximate surface area is 118 Å². The van der Waals surface area contributed by atoms with Crippen molar-refractivity contribution in [3.8, 4) is 11.4 Å². The van der Waals surface area contributed by atoms with Gasteiger partial charge in [0, 0.05) is 17.3 Å². The molecule has 0 atom stereocenters. The van der Waals surface area contributed by atoms with Crippen molar-refractivity contribution in [2.24, 2.45) is 0 Å². The Hall–Kier alpha value is -3.29. The van der Waals surface area contributed by atoms with Crippen LogP contribution in [-0.2, 0) is 0 Å². The van der Waals surface area contributed by atoms with Gasteiger partial charge in [0.2, 0.25) is 11.4 Å². The van der Waals surface area contributed by atoms with Gasteiger partial charge in [0.1, 0.15) is 5.69 Å². The molecule has 8 heteroatoms. The highest BCUT2D eigenvalue weighted by Crippen LogP contribution is 2.18. The van der Waals surface area contributed by atoms with Crippen molar-refractivity contribution < 1.29 is 4.79 Å². The standard InChI is InChI=1S/C13H10N6O2/c20-11-6-2-5-10(15-11)13(21)14-9-4-1-3-8(7-9)12-16-18-19-17-12/h1-7H,(H,14,21)(H,15,20)(H,16,17,18,19). The summed E-state index contributed by atoms with van der Waals surface area (Å²) in [4.78, 5) is 25.7. The predicted molar refractivity (Wildman–Crippen MR) is 74.6 cm³/mol. The Balaban J connectivity index is 1.84. The summed E-state index contributed by atoms with van der Waals surface area (Å²) in [5.41, 5.74) is 1.13. The van der Waals surface area contributed by atoms with Crippen LogP contribution in [0.3, 0.4) is 0 Å². The first-order chi connectivity index (χ1) is 10.2. The van der Waals surface area contributed by atoms with E-state index in [2.05, 4.69) is 30.9 Å². The SMILES string of the molecule is O=C(Nc1cccc(-c2nn[nH]n2)c1)c1cccc(=O)[nH]1. The third-order valence-electron chi connectivity index (χ3n) is 2.74. The Morgan fingerprint density at radius 1 is 1.14 bits per heavy atom. The molecule has 1 amide bonds. The van der Waals surface area contributed by atoms with Gasteiger partial charge in [0.05, 0.1) is 0 Å². The van der Waals surface area contributed by atoms with Crippen molar-refractivity contribution in [1.82, 2.24) is 25.6 Å². The average molecular weight is 282 g/mol. The second-order valence-electron chi connectivity index (χ2n) is 4.20. The van der Waals surface area contributed by atoms with Crippen LogP contribution in [-0.4, -0.2) is 31.5 Å². The van der Waals surface area contributed by atoms with Crippen LogP contribution in [0.4, 0.5) is 5.69 Å². The Kier molecular flexibility index (Phi) is 3.26. The number of nitrogens with zero attached hydrogens (tertiary/aromatic N) is 3. The molecule has 0 aliphatic carbocycles. The van der Waals surface area contributed by atoms with Crippen molar-refractivity contribution in [1.29, 1.82) is 0 Å². The molecule has 0 fully saturated rings. The average Bonchev–Trinajstić information content (AvgIpc) is 3.02. The minimum atomic E-state index is -0.405. The zero-order valence-electron chi connectivity index (χ0n) is 10.7. The fourth-order valence-corrected chi connectivity index (χ4v) is 1.80. The number of nitrogens with one attached hydrogen (secondary N) is 3. The quantitative estimate of drug-likeness (QED) is 0.657. The number of H-pyrrole nitrogens is 2. The van der Waals surface area contributed by atoms with Gasteiger partial charge in [-0.1, -0.05) is 18.2 Å². The van der Waals surface area contributed by atoms with Crippen LogP contribution < -0.4 is 10.9 Å². The zero-order chi connectivity index (χ0) is 14.7. The van der Waals surface area contributed by atoms with Crippen LogP contribution in [0.15, 0.2) is 47.3 Å². The number of pyridine rings is 1. The molecule has 21 heavy (non-hydrogen) atoms. The number of aromatic amines is 2. The molecule has 0 bridgehead atoms. The van der Waals surface area contributed by atoms with E-state index in [-0.39, 0.29) is 11.3 Å². The smallest absolute Gasteiger partial charge is 0.272 e. The van der Waals surface area contributed by atoms with E-state index in [4.69, 9.17) is 0 Å². The molecule has 0 spiro atoms. The van der Waals surface area contributed by atoms with Crippen molar-refractivity contribution >= 4 is 11.6 Å². The number of anilines is 1. The molecule has 0 aliphatic heterocycles. The van der Waals surface area contributed by atoms with E-state index in [1.54, 1.807) is 24.3 Å². The number of hydrogen-bond acceptors (Lipinski definition) is 5. The molecule has 2 aromatic heterocycles. The number of carbonyl (C=O) groups excluding carboxylic acids is 1. The summed E-state index contributed by atoms with van der Waals surface area (Å²) in [5.74, 6) is 0.0252. The Morgan fingerprint density at radius 3 is 2.76 bits per heavy atom. The summed E-state index contributed by atoms with van der Waals surface area (Å²) < 4.78 is 0. The molecule has 3 N–H and O–H groups in total. The van der Waals surface area contributed by atoms with Crippen molar-refractivity contribution in [2.75, 3.05) is 5.32 Å². The minimum Gasteiger partial charge on any atom is -0.321 e. The van der Waals surface area contributed by atoms with Gasteiger partial charge in [0.15, 0.2) is 0 Å². The molecule has 0 saturated heterocycles. The Morgan fingerprint density at radius 2 is 2.00 bits per heavy atom. The number of carbonyl (C=O) groups is 1. The van der Waals surface area contributed by atoms with E-state index in [9.17, 15) is 9.59 Å². The number of amides is 1. The molecule has 0 radical (unpaired) electrons. The molecule has 1 aromatic carbocycles. The van der Waals surface area contributed by atoms with Gasteiger partial charge in [-0.25, -0.2) is 0 Å². The van der Waals surface area contributed by atoms with Crippen LogP contribution in [0.2, 0.25) is 0 Å². The van der Waals surface area contributed by atoms with E-state index < -0.39 is 5.91 Å². The fourth-order valence-electron chi connectivity index (χ4n) is 1.80. The van der Waals surface area contributed by atoms with E-state index in [0.717, 1.165) is 0 Å². The molecule has 3 aromatic rings. The summed E-state index contributed by atoms with van der Waals surface area (Å²) in [5, 5.41) is 16.3. The topological polar surface area (TPSA) is 116 Å². The Bertz CT molecular complexity index is 824. The largest absolute Gasteiger partial charge is 0.321 e. The highest BCUT2D eigenvalue weighted by molar-refractivity contribution is 6.03. The number of aromatic nitrogens is 5. The van der Waals surface area contributed by atoms with E-state index >= 15 is 0 Å². The lowest BCUT2D eigenvalue weighted by molar-refractivity contribution is 0.102. The third kappa shape index (κ3) is 2.84. The first kappa shape index (κ1) is 12.7. The van der Waals surface area contributed by atoms with Crippen LogP contribution >= 0.6 is 0 Å².